The van der Waals surface area contributed by atoms with Crippen molar-refractivity contribution in [2.75, 3.05) is 11.1 Å². The number of amides is 1. The average molecular weight is 328 g/mol. The van der Waals surface area contributed by atoms with Crippen LogP contribution in [-0.4, -0.2) is 26.4 Å². The lowest BCUT2D eigenvalue weighted by Crippen LogP contribution is -2.14. The molecule has 120 valence electrons. The molecule has 0 saturated heterocycles. The number of anilines is 1. The molecular weight excluding hydrogens is 308 g/mol. The first-order chi connectivity index (χ1) is 11.2. The van der Waals surface area contributed by atoms with Crippen LogP contribution in [0, 0.1) is 6.92 Å². The fraction of sp³-hybridized carbons (Fsp3) is 0.471. The molecule has 1 N–H and O–H groups in total. The van der Waals surface area contributed by atoms with Crippen LogP contribution in [0.3, 0.4) is 0 Å². The van der Waals surface area contributed by atoms with Gasteiger partial charge in [0, 0.05) is 17.6 Å². The Morgan fingerprint density at radius 3 is 2.61 bits per heavy atom. The maximum Gasteiger partial charge on any atom is 0.234 e. The van der Waals surface area contributed by atoms with Gasteiger partial charge in [-0.1, -0.05) is 29.5 Å². The zero-order chi connectivity index (χ0) is 15.8. The summed E-state index contributed by atoms with van der Waals surface area (Å²) < 4.78 is 2.28. The second-order valence-corrected chi connectivity index (χ2v) is 7.36. The number of carbonyl (C=O) groups excluding carboxylic acids is 1. The van der Waals surface area contributed by atoms with Gasteiger partial charge in [-0.2, -0.15) is 0 Å². The SMILES string of the molecule is Cc1ccc(NC(=O)CSc2nnc(C3CC3)n2C2CC2)cc1. The van der Waals surface area contributed by atoms with Gasteiger partial charge in [0.25, 0.3) is 0 Å². The molecule has 23 heavy (non-hydrogen) atoms. The van der Waals surface area contributed by atoms with Gasteiger partial charge in [-0.05, 0) is 44.7 Å². The number of aryl methyl sites for hydroxylation is 1. The van der Waals surface area contributed by atoms with E-state index in [9.17, 15) is 4.79 Å². The van der Waals surface area contributed by atoms with Crippen molar-refractivity contribution in [3.8, 4) is 0 Å². The van der Waals surface area contributed by atoms with E-state index < -0.39 is 0 Å². The Morgan fingerprint density at radius 2 is 1.96 bits per heavy atom. The summed E-state index contributed by atoms with van der Waals surface area (Å²) in [6, 6.07) is 8.40. The van der Waals surface area contributed by atoms with E-state index in [1.165, 1.54) is 43.0 Å². The van der Waals surface area contributed by atoms with Gasteiger partial charge in [0.15, 0.2) is 5.16 Å². The van der Waals surface area contributed by atoms with Crippen LogP contribution in [0.2, 0.25) is 0 Å². The molecule has 1 amide bonds. The highest BCUT2D eigenvalue weighted by atomic mass is 32.2. The van der Waals surface area contributed by atoms with Crippen molar-refractivity contribution in [1.29, 1.82) is 0 Å². The predicted molar refractivity (Wildman–Crippen MR) is 90.8 cm³/mol. The Kier molecular flexibility index (Phi) is 3.85. The van der Waals surface area contributed by atoms with Crippen LogP contribution in [0.15, 0.2) is 29.4 Å². The Labute approximate surface area is 139 Å². The Balaban J connectivity index is 1.39. The summed E-state index contributed by atoms with van der Waals surface area (Å²) in [6.07, 6.45) is 4.87. The summed E-state index contributed by atoms with van der Waals surface area (Å²) in [7, 11) is 0. The van der Waals surface area contributed by atoms with Crippen LogP contribution in [0.4, 0.5) is 5.69 Å². The standard InChI is InChI=1S/C17H20N4OS/c1-11-2-6-13(7-3-11)18-15(22)10-23-17-20-19-16(12-4-5-12)21(17)14-8-9-14/h2-3,6-7,12,14H,4-5,8-10H2,1H3,(H,18,22). The summed E-state index contributed by atoms with van der Waals surface area (Å²) in [4.78, 5) is 12.1. The van der Waals surface area contributed by atoms with E-state index in [0.29, 0.717) is 17.7 Å². The number of nitrogens with zero attached hydrogens (tertiary/aromatic N) is 3. The maximum atomic E-state index is 12.1. The molecule has 2 fully saturated rings. The van der Waals surface area contributed by atoms with Gasteiger partial charge in [0.05, 0.1) is 5.75 Å². The molecular formula is C17H20N4OS. The number of rotatable bonds is 6. The van der Waals surface area contributed by atoms with E-state index in [1.807, 2.05) is 31.2 Å². The second kappa shape index (κ2) is 6.00. The molecule has 0 radical (unpaired) electrons. The molecule has 2 saturated carbocycles. The van der Waals surface area contributed by atoms with Crippen molar-refractivity contribution in [3.63, 3.8) is 0 Å². The van der Waals surface area contributed by atoms with Crippen LogP contribution in [0.25, 0.3) is 0 Å². The first-order valence-corrected chi connectivity index (χ1v) is 9.13. The molecule has 0 spiro atoms. The minimum absolute atomic E-state index is 0.00262. The minimum Gasteiger partial charge on any atom is -0.325 e. The van der Waals surface area contributed by atoms with Crippen molar-refractivity contribution in [3.05, 3.63) is 35.7 Å². The lowest BCUT2D eigenvalue weighted by atomic mass is 10.2. The third-order valence-corrected chi connectivity index (χ3v) is 5.16. The second-order valence-electron chi connectivity index (χ2n) is 6.42. The molecule has 2 aliphatic rings. The van der Waals surface area contributed by atoms with Crippen molar-refractivity contribution in [1.82, 2.24) is 14.8 Å². The van der Waals surface area contributed by atoms with E-state index >= 15 is 0 Å². The molecule has 4 rings (SSSR count). The normalized spacial score (nSPS) is 17.3. The summed E-state index contributed by atoms with van der Waals surface area (Å²) in [5.41, 5.74) is 2.02. The first kappa shape index (κ1) is 14.8. The lowest BCUT2D eigenvalue weighted by Gasteiger charge is -2.08. The summed E-state index contributed by atoms with van der Waals surface area (Å²) in [6.45, 7) is 2.03. The number of hydrogen-bond donors (Lipinski definition) is 1. The number of thioether (sulfide) groups is 1. The van der Waals surface area contributed by atoms with E-state index in [4.69, 9.17) is 0 Å². The summed E-state index contributed by atoms with van der Waals surface area (Å²) >= 11 is 1.49. The molecule has 1 aromatic heterocycles. The van der Waals surface area contributed by atoms with Crippen LogP contribution >= 0.6 is 11.8 Å². The number of carbonyl (C=O) groups is 1. The molecule has 2 aliphatic carbocycles. The van der Waals surface area contributed by atoms with Crippen LogP contribution < -0.4 is 5.32 Å². The molecule has 6 heteroatoms. The molecule has 0 aliphatic heterocycles. The molecule has 0 unspecified atom stereocenters. The van der Waals surface area contributed by atoms with Gasteiger partial charge in [0.1, 0.15) is 5.82 Å². The zero-order valence-electron chi connectivity index (χ0n) is 13.2. The monoisotopic (exact) mass is 328 g/mol. The first-order valence-electron chi connectivity index (χ1n) is 8.15. The Hall–Kier alpha value is -1.82. The summed E-state index contributed by atoms with van der Waals surface area (Å²) in [5, 5.41) is 12.5. The summed E-state index contributed by atoms with van der Waals surface area (Å²) in [5.74, 6) is 2.09. The predicted octanol–water partition coefficient (Wildman–Crippen LogP) is 3.53. The fourth-order valence-corrected chi connectivity index (χ4v) is 3.46. The van der Waals surface area contributed by atoms with Crippen LogP contribution in [-0.2, 0) is 4.79 Å². The lowest BCUT2D eigenvalue weighted by molar-refractivity contribution is -0.113. The largest absolute Gasteiger partial charge is 0.325 e. The molecule has 2 aromatic rings. The van der Waals surface area contributed by atoms with E-state index in [2.05, 4.69) is 20.1 Å². The molecule has 1 aromatic carbocycles. The van der Waals surface area contributed by atoms with Crippen molar-refractivity contribution in [2.24, 2.45) is 0 Å². The molecule has 0 bridgehead atoms. The van der Waals surface area contributed by atoms with E-state index in [1.54, 1.807) is 0 Å². The van der Waals surface area contributed by atoms with Gasteiger partial charge in [-0.3, -0.25) is 4.79 Å². The maximum absolute atomic E-state index is 12.1. The Bertz CT molecular complexity index is 717. The smallest absolute Gasteiger partial charge is 0.234 e. The number of nitrogens with one attached hydrogen (secondary N) is 1. The van der Waals surface area contributed by atoms with Gasteiger partial charge in [0.2, 0.25) is 5.91 Å². The third-order valence-electron chi connectivity index (χ3n) is 4.21. The molecule has 5 nitrogen and oxygen atoms in total. The zero-order valence-corrected chi connectivity index (χ0v) is 14.0. The third kappa shape index (κ3) is 3.42. The Morgan fingerprint density at radius 1 is 1.22 bits per heavy atom. The van der Waals surface area contributed by atoms with Gasteiger partial charge in [-0.25, -0.2) is 0 Å². The quantitative estimate of drug-likeness (QED) is 0.824. The van der Waals surface area contributed by atoms with E-state index in [-0.39, 0.29) is 5.91 Å². The van der Waals surface area contributed by atoms with Crippen molar-refractivity contribution >= 4 is 23.4 Å². The average Bonchev–Trinajstić information content (AvgIpc) is 3.46. The van der Waals surface area contributed by atoms with Crippen LogP contribution in [0.1, 0.15) is 49.0 Å². The number of hydrogen-bond acceptors (Lipinski definition) is 4. The van der Waals surface area contributed by atoms with Crippen LogP contribution in [0.5, 0.6) is 0 Å². The highest BCUT2D eigenvalue weighted by molar-refractivity contribution is 7.99. The van der Waals surface area contributed by atoms with Crippen molar-refractivity contribution < 1.29 is 4.79 Å². The highest BCUT2D eigenvalue weighted by Crippen LogP contribution is 2.45. The van der Waals surface area contributed by atoms with Gasteiger partial charge < -0.3 is 9.88 Å². The number of aromatic nitrogens is 3. The fourth-order valence-electron chi connectivity index (χ4n) is 2.65. The minimum atomic E-state index is -0.00262. The van der Waals surface area contributed by atoms with Gasteiger partial charge in [-0.15, -0.1) is 10.2 Å². The topological polar surface area (TPSA) is 59.8 Å². The number of benzene rings is 1. The molecule has 1 heterocycles. The van der Waals surface area contributed by atoms with E-state index in [0.717, 1.165) is 16.7 Å². The highest BCUT2D eigenvalue weighted by Gasteiger charge is 2.36. The molecule has 0 atom stereocenters. The van der Waals surface area contributed by atoms with Crippen molar-refractivity contribution in [2.45, 2.75) is 49.7 Å². The van der Waals surface area contributed by atoms with Gasteiger partial charge >= 0.3 is 0 Å².